The molecular formula is C28H30Cl2N2O3. The van der Waals surface area contributed by atoms with E-state index in [9.17, 15) is 9.59 Å². The molecule has 35 heavy (non-hydrogen) atoms. The van der Waals surface area contributed by atoms with Gasteiger partial charge < -0.3 is 15.0 Å². The molecule has 0 fully saturated rings. The van der Waals surface area contributed by atoms with E-state index in [-0.39, 0.29) is 31.0 Å². The minimum Gasteiger partial charge on any atom is -0.484 e. The van der Waals surface area contributed by atoms with Gasteiger partial charge in [0.25, 0.3) is 5.91 Å². The first-order valence-electron chi connectivity index (χ1n) is 11.5. The summed E-state index contributed by atoms with van der Waals surface area (Å²) in [5.41, 5.74) is 2.66. The Balaban J connectivity index is 1.94. The molecule has 0 aliphatic rings. The molecule has 3 aromatic rings. The molecule has 0 bridgehead atoms. The third-order valence-electron chi connectivity index (χ3n) is 5.41. The van der Waals surface area contributed by atoms with Crippen molar-refractivity contribution in [2.45, 2.75) is 45.8 Å². The van der Waals surface area contributed by atoms with E-state index in [1.807, 2.05) is 69.3 Å². The molecule has 0 spiro atoms. The van der Waals surface area contributed by atoms with Crippen molar-refractivity contribution in [1.29, 1.82) is 0 Å². The summed E-state index contributed by atoms with van der Waals surface area (Å²) in [5, 5.41) is 3.89. The fraction of sp³-hybridized carbons (Fsp3) is 0.286. The quantitative estimate of drug-likeness (QED) is 0.370. The molecule has 0 saturated carbocycles. The van der Waals surface area contributed by atoms with Crippen molar-refractivity contribution in [2.24, 2.45) is 0 Å². The van der Waals surface area contributed by atoms with E-state index in [1.165, 1.54) is 4.90 Å². The first kappa shape index (κ1) is 26.6. The number of carbonyl (C=O) groups is 2. The monoisotopic (exact) mass is 512 g/mol. The van der Waals surface area contributed by atoms with E-state index in [2.05, 4.69) is 5.32 Å². The molecule has 0 radical (unpaired) electrons. The SMILES string of the molecule is Cc1cccc(OCC(=O)N(Cc2ccc(Cl)cc2Cl)[C@@H](Cc2ccccc2)C(=O)NC(C)C)c1. The van der Waals surface area contributed by atoms with Gasteiger partial charge in [0, 0.05) is 29.1 Å². The fourth-order valence-electron chi connectivity index (χ4n) is 3.70. The summed E-state index contributed by atoms with van der Waals surface area (Å²) in [6, 6.07) is 21.4. The van der Waals surface area contributed by atoms with Crippen LogP contribution in [-0.2, 0) is 22.6 Å². The summed E-state index contributed by atoms with van der Waals surface area (Å²) >= 11 is 12.5. The molecule has 0 aliphatic heterocycles. The van der Waals surface area contributed by atoms with E-state index in [1.54, 1.807) is 24.3 Å². The highest BCUT2D eigenvalue weighted by atomic mass is 35.5. The number of hydrogen-bond donors (Lipinski definition) is 1. The summed E-state index contributed by atoms with van der Waals surface area (Å²) in [7, 11) is 0. The second-order valence-electron chi connectivity index (χ2n) is 8.73. The van der Waals surface area contributed by atoms with Crippen LogP contribution in [0, 0.1) is 6.92 Å². The highest BCUT2D eigenvalue weighted by Gasteiger charge is 2.31. The lowest BCUT2D eigenvalue weighted by molar-refractivity contribution is -0.143. The van der Waals surface area contributed by atoms with Crippen LogP contribution in [0.15, 0.2) is 72.8 Å². The number of rotatable bonds is 10. The van der Waals surface area contributed by atoms with E-state index < -0.39 is 6.04 Å². The maximum atomic E-state index is 13.6. The van der Waals surface area contributed by atoms with Gasteiger partial charge in [0.05, 0.1) is 0 Å². The van der Waals surface area contributed by atoms with Crippen LogP contribution < -0.4 is 10.1 Å². The zero-order valence-corrected chi connectivity index (χ0v) is 21.6. The van der Waals surface area contributed by atoms with E-state index in [4.69, 9.17) is 27.9 Å². The van der Waals surface area contributed by atoms with Gasteiger partial charge in [0.2, 0.25) is 5.91 Å². The van der Waals surface area contributed by atoms with Crippen molar-refractivity contribution >= 4 is 35.0 Å². The molecule has 0 saturated heterocycles. The average molecular weight is 513 g/mol. The molecule has 1 N–H and O–H groups in total. The van der Waals surface area contributed by atoms with Gasteiger partial charge in [-0.2, -0.15) is 0 Å². The third-order valence-corrected chi connectivity index (χ3v) is 6.00. The number of amides is 2. The minimum atomic E-state index is -0.764. The molecule has 184 valence electrons. The zero-order chi connectivity index (χ0) is 25.4. The van der Waals surface area contributed by atoms with E-state index in [0.29, 0.717) is 27.8 Å². The first-order valence-corrected chi connectivity index (χ1v) is 12.3. The first-order chi connectivity index (χ1) is 16.7. The van der Waals surface area contributed by atoms with Crippen molar-refractivity contribution in [2.75, 3.05) is 6.61 Å². The Hall–Kier alpha value is -3.02. The normalized spacial score (nSPS) is 11.7. The number of aryl methyl sites for hydroxylation is 1. The smallest absolute Gasteiger partial charge is 0.261 e. The number of nitrogens with one attached hydrogen (secondary N) is 1. The lowest BCUT2D eigenvalue weighted by atomic mass is 10.0. The number of carbonyl (C=O) groups excluding carboxylic acids is 2. The molecular weight excluding hydrogens is 483 g/mol. The van der Waals surface area contributed by atoms with Gasteiger partial charge in [-0.15, -0.1) is 0 Å². The standard InChI is InChI=1S/C28H30Cl2N2O3/c1-19(2)31-28(34)26(15-21-9-5-4-6-10-21)32(17-22-12-13-23(29)16-25(22)30)27(33)18-35-24-11-7-8-20(3)14-24/h4-14,16,19,26H,15,17-18H2,1-3H3,(H,31,34)/t26-/m0/s1. The Bertz CT molecular complexity index is 1150. The number of halogens is 2. The Morgan fingerprint density at radius 3 is 2.37 bits per heavy atom. The Labute approximate surface area is 217 Å². The summed E-state index contributed by atoms with van der Waals surface area (Å²) in [5.74, 6) is 0.0317. The van der Waals surface area contributed by atoms with Crippen LogP contribution in [0.3, 0.4) is 0 Å². The average Bonchev–Trinajstić information content (AvgIpc) is 2.81. The number of benzene rings is 3. The van der Waals surface area contributed by atoms with Crippen LogP contribution in [0.2, 0.25) is 10.0 Å². The molecule has 0 heterocycles. The van der Waals surface area contributed by atoms with Gasteiger partial charge >= 0.3 is 0 Å². The second kappa shape index (κ2) is 12.6. The Kier molecular flexibility index (Phi) is 9.58. The molecule has 0 aromatic heterocycles. The Morgan fingerprint density at radius 1 is 0.971 bits per heavy atom. The van der Waals surface area contributed by atoms with Crippen LogP contribution >= 0.6 is 23.2 Å². The topological polar surface area (TPSA) is 58.6 Å². The molecule has 3 aromatic carbocycles. The Morgan fingerprint density at radius 2 is 1.71 bits per heavy atom. The molecule has 1 atom stereocenters. The third kappa shape index (κ3) is 8.01. The highest BCUT2D eigenvalue weighted by molar-refractivity contribution is 6.35. The fourth-order valence-corrected chi connectivity index (χ4v) is 4.17. The van der Waals surface area contributed by atoms with Crippen LogP contribution in [0.25, 0.3) is 0 Å². The lowest BCUT2D eigenvalue weighted by Crippen LogP contribution is -2.52. The van der Waals surface area contributed by atoms with Gasteiger partial charge in [0.1, 0.15) is 11.8 Å². The number of ether oxygens (including phenoxy) is 1. The maximum Gasteiger partial charge on any atom is 0.261 e. The predicted molar refractivity (Wildman–Crippen MR) is 141 cm³/mol. The molecule has 7 heteroatoms. The van der Waals surface area contributed by atoms with Crippen molar-refractivity contribution in [3.63, 3.8) is 0 Å². The van der Waals surface area contributed by atoms with Gasteiger partial charge in [-0.1, -0.05) is 71.7 Å². The summed E-state index contributed by atoms with van der Waals surface area (Å²) in [6.07, 6.45) is 0.348. The molecule has 0 unspecified atom stereocenters. The van der Waals surface area contributed by atoms with Crippen molar-refractivity contribution in [3.8, 4) is 5.75 Å². The summed E-state index contributed by atoms with van der Waals surface area (Å²) in [4.78, 5) is 28.4. The highest BCUT2D eigenvalue weighted by Crippen LogP contribution is 2.24. The molecule has 5 nitrogen and oxygen atoms in total. The number of hydrogen-bond acceptors (Lipinski definition) is 3. The molecule has 3 rings (SSSR count). The van der Waals surface area contributed by atoms with Crippen LogP contribution in [-0.4, -0.2) is 35.4 Å². The van der Waals surface area contributed by atoms with Gasteiger partial charge in [-0.25, -0.2) is 0 Å². The maximum absolute atomic E-state index is 13.6. The van der Waals surface area contributed by atoms with Crippen molar-refractivity contribution < 1.29 is 14.3 Å². The predicted octanol–water partition coefficient (Wildman–Crippen LogP) is 5.85. The summed E-state index contributed by atoms with van der Waals surface area (Å²) in [6.45, 7) is 5.65. The van der Waals surface area contributed by atoms with Gasteiger partial charge in [-0.3, -0.25) is 9.59 Å². The van der Waals surface area contributed by atoms with Crippen LogP contribution in [0.1, 0.15) is 30.5 Å². The summed E-state index contributed by atoms with van der Waals surface area (Å²) < 4.78 is 5.80. The van der Waals surface area contributed by atoms with Crippen molar-refractivity contribution in [3.05, 3.63) is 99.5 Å². The van der Waals surface area contributed by atoms with Crippen LogP contribution in [0.4, 0.5) is 0 Å². The van der Waals surface area contributed by atoms with E-state index >= 15 is 0 Å². The number of nitrogens with zero attached hydrogens (tertiary/aromatic N) is 1. The largest absolute Gasteiger partial charge is 0.484 e. The lowest BCUT2D eigenvalue weighted by Gasteiger charge is -2.32. The zero-order valence-electron chi connectivity index (χ0n) is 20.1. The van der Waals surface area contributed by atoms with Gasteiger partial charge in [-0.05, 0) is 61.7 Å². The minimum absolute atomic E-state index is 0.0830. The second-order valence-corrected chi connectivity index (χ2v) is 9.57. The van der Waals surface area contributed by atoms with E-state index in [0.717, 1.165) is 11.1 Å². The van der Waals surface area contributed by atoms with Crippen molar-refractivity contribution in [1.82, 2.24) is 10.2 Å². The molecule has 2 amide bonds. The molecule has 0 aliphatic carbocycles. The van der Waals surface area contributed by atoms with Gasteiger partial charge in [0.15, 0.2) is 6.61 Å². The van der Waals surface area contributed by atoms with Crippen LogP contribution in [0.5, 0.6) is 5.75 Å².